The lowest BCUT2D eigenvalue weighted by Crippen LogP contribution is -2.33. The fraction of sp³-hybridized carbons (Fsp3) is 0.444. The third kappa shape index (κ3) is 3.12. The van der Waals surface area contributed by atoms with Crippen molar-refractivity contribution in [2.45, 2.75) is 11.5 Å². The molecule has 19 heavy (non-hydrogen) atoms. The van der Waals surface area contributed by atoms with Crippen LogP contribution >= 0.6 is 15.2 Å². The first kappa shape index (κ1) is 16.5. The normalized spacial score (nSPS) is 21.1. The SMILES string of the molecule is COP(=O)(O)C(O)(Cc1ccccn1)P(=O)(O)OC. The molecule has 10 heteroatoms. The maximum Gasteiger partial charge on any atom is 0.372 e. The average molecular weight is 311 g/mol. The molecule has 1 aromatic rings. The van der Waals surface area contributed by atoms with Crippen molar-refractivity contribution < 1.29 is 33.1 Å². The van der Waals surface area contributed by atoms with E-state index in [1.54, 1.807) is 12.1 Å². The second-order valence-corrected chi connectivity index (χ2v) is 8.32. The fourth-order valence-corrected chi connectivity index (χ4v) is 4.47. The largest absolute Gasteiger partial charge is 0.372 e. The Morgan fingerprint density at radius 1 is 1.21 bits per heavy atom. The van der Waals surface area contributed by atoms with Crippen molar-refractivity contribution in [3.63, 3.8) is 0 Å². The van der Waals surface area contributed by atoms with Crippen molar-refractivity contribution in [3.05, 3.63) is 30.1 Å². The summed E-state index contributed by atoms with van der Waals surface area (Å²) in [6.45, 7) is 0. The summed E-state index contributed by atoms with van der Waals surface area (Å²) < 4.78 is 32.3. The number of rotatable bonds is 6. The summed E-state index contributed by atoms with van der Waals surface area (Å²) in [5.41, 5.74) is 0.141. The van der Waals surface area contributed by atoms with Crippen LogP contribution in [-0.2, 0) is 24.6 Å². The van der Waals surface area contributed by atoms with Crippen LogP contribution in [0.3, 0.4) is 0 Å². The monoisotopic (exact) mass is 311 g/mol. The van der Waals surface area contributed by atoms with Crippen LogP contribution in [-0.4, -0.2) is 39.2 Å². The summed E-state index contributed by atoms with van der Waals surface area (Å²) in [7, 11) is -7.95. The number of pyridine rings is 1. The topological polar surface area (TPSA) is 126 Å². The molecular weight excluding hydrogens is 296 g/mol. The Bertz CT molecular complexity index is 497. The molecule has 1 aromatic heterocycles. The summed E-state index contributed by atoms with van der Waals surface area (Å²) in [5, 5.41) is 7.22. The van der Waals surface area contributed by atoms with Crippen LogP contribution in [0.15, 0.2) is 24.4 Å². The molecule has 0 saturated heterocycles. The Morgan fingerprint density at radius 2 is 1.74 bits per heavy atom. The Morgan fingerprint density at radius 3 is 2.11 bits per heavy atom. The van der Waals surface area contributed by atoms with Crippen LogP contribution in [0.2, 0.25) is 0 Å². The van der Waals surface area contributed by atoms with Gasteiger partial charge < -0.3 is 23.9 Å². The number of aromatic nitrogens is 1. The van der Waals surface area contributed by atoms with E-state index in [4.69, 9.17) is 0 Å². The molecule has 8 nitrogen and oxygen atoms in total. The molecule has 0 aliphatic heterocycles. The molecule has 0 amide bonds. The van der Waals surface area contributed by atoms with Gasteiger partial charge in [-0.1, -0.05) is 6.07 Å². The van der Waals surface area contributed by atoms with Gasteiger partial charge in [-0.05, 0) is 12.1 Å². The van der Waals surface area contributed by atoms with E-state index in [0.717, 1.165) is 14.2 Å². The molecule has 0 aromatic carbocycles. The standard InChI is InChI=1S/C9H15NO7P2/c1-16-18(12,13)9(11,19(14,15)17-2)7-8-5-3-4-6-10-8/h3-6,11H,7H2,1-2H3,(H,12,13)(H,14,15). The Kier molecular flexibility index (Phi) is 5.03. The molecule has 0 fully saturated rings. The van der Waals surface area contributed by atoms with Gasteiger partial charge >= 0.3 is 15.2 Å². The molecule has 0 saturated carbocycles. The second kappa shape index (κ2) is 5.81. The van der Waals surface area contributed by atoms with Crippen LogP contribution in [0.5, 0.6) is 0 Å². The number of hydrogen-bond acceptors (Lipinski definition) is 6. The number of hydrogen-bond donors (Lipinski definition) is 3. The summed E-state index contributed by atoms with van der Waals surface area (Å²) in [6.07, 6.45) is 0.705. The molecule has 2 unspecified atom stereocenters. The number of aliphatic hydroxyl groups is 1. The van der Waals surface area contributed by atoms with E-state index < -0.39 is 26.7 Å². The smallest absolute Gasteiger partial charge is 0.367 e. The first-order valence-corrected chi connectivity index (χ1v) is 8.25. The Balaban J connectivity index is 3.29. The van der Waals surface area contributed by atoms with Crippen molar-refractivity contribution in [3.8, 4) is 0 Å². The minimum absolute atomic E-state index is 0.141. The van der Waals surface area contributed by atoms with Crippen LogP contribution in [0.1, 0.15) is 5.69 Å². The lowest BCUT2D eigenvalue weighted by molar-refractivity contribution is 0.116. The summed E-state index contributed by atoms with van der Waals surface area (Å²) in [5.74, 6) is 0. The highest BCUT2D eigenvalue weighted by atomic mass is 31.2. The van der Waals surface area contributed by atoms with Gasteiger partial charge in [0.05, 0.1) is 0 Å². The van der Waals surface area contributed by atoms with Crippen LogP contribution in [0.4, 0.5) is 0 Å². The van der Waals surface area contributed by atoms with Crippen molar-refractivity contribution >= 4 is 15.2 Å². The summed E-state index contributed by atoms with van der Waals surface area (Å²) in [6, 6.07) is 4.58. The molecule has 1 rings (SSSR count). The van der Waals surface area contributed by atoms with Gasteiger partial charge in [-0.25, -0.2) is 0 Å². The highest BCUT2D eigenvalue weighted by Gasteiger charge is 2.61. The molecule has 0 aliphatic carbocycles. The fourth-order valence-electron chi connectivity index (χ4n) is 1.40. The van der Waals surface area contributed by atoms with Crippen LogP contribution in [0.25, 0.3) is 0 Å². The van der Waals surface area contributed by atoms with E-state index in [-0.39, 0.29) is 5.69 Å². The second-order valence-electron chi connectivity index (χ2n) is 3.68. The predicted octanol–water partition coefficient (Wildman–Crippen LogP) is 0.934. The zero-order valence-corrected chi connectivity index (χ0v) is 12.1. The third-order valence-electron chi connectivity index (χ3n) is 2.54. The lowest BCUT2D eigenvalue weighted by atomic mass is 10.3. The van der Waals surface area contributed by atoms with E-state index >= 15 is 0 Å². The van der Waals surface area contributed by atoms with Gasteiger partial charge in [0.25, 0.3) is 5.08 Å². The summed E-state index contributed by atoms with van der Waals surface area (Å²) in [4.78, 5) is 23.1. The zero-order valence-electron chi connectivity index (χ0n) is 10.3. The van der Waals surface area contributed by atoms with Gasteiger partial charge in [0.1, 0.15) is 0 Å². The quantitative estimate of drug-likeness (QED) is 0.662. The lowest BCUT2D eigenvalue weighted by Gasteiger charge is -2.32. The third-order valence-corrected chi connectivity index (χ3v) is 7.18. The van der Waals surface area contributed by atoms with Gasteiger partial charge in [-0.3, -0.25) is 14.1 Å². The molecule has 3 N–H and O–H groups in total. The van der Waals surface area contributed by atoms with Gasteiger partial charge in [0, 0.05) is 32.5 Å². The molecule has 0 radical (unpaired) electrons. The average Bonchev–Trinajstić information content (AvgIpc) is 2.39. The van der Waals surface area contributed by atoms with Gasteiger partial charge in [0.2, 0.25) is 0 Å². The van der Waals surface area contributed by atoms with E-state index in [9.17, 15) is 24.0 Å². The molecule has 2 atom stereocenters. The van der Waals surface area contributed by atoms with Crippen molar-refractivity contribution in [1.82, 2.24) is 4.98 Å². The van der Waals surface area contributed by atoms with E-state index in [0.29, 0.717) is 0 Å². The maximum atomic E-state index is 11.9. The van der Waals surface area contributed by atoms with Crippen molar-refractivity contribution in [1.29, 1.82) is 0 Å². The Labute approximate surface area is 110 Å². The first-order chi connectivity index (χ1) is 8.70. The van der Waals surface area contributed by atoms with Gasteiger partial charge in [0.15, 0.2) is 0 Å². The van der Waals surface area contributed by atoms with Gasteiger partial charge in [-0.15, -0.1) is 0 Å². The zero-order chi connectivity index (χ0) is 14.7. The highest BCUT2D eigenvalue weighted by molar-refractivity contribution is 7.72. The van der Waals surface area contributed by atoms with E-state index in [1.165, 1.54) is 12.3 Å². The molecular formula is C9H15NO7P2. The van der Waals surface area contributed by atoms with E-state index in [2.05, 4.69) is 14.0 Å². The number of nitrogens with zero attached hydrogens (tertiary/aromatic N) is 1. The van der Waals surface area contributed by atoms with Crippen LogP contribution < -0.4 is 0 Å². The molecule has 0 bridgehead atoms. The van der Waals surface area contributed by atoms with Crippen LogP contribution in [0, 0.1) is 0 Å². The van der Waals surface area contributed by atoms with Crippen molar-refractivity contribution in [2.75, 3.05) is 14.2 Å². The van der Waals surface area contributed by atoms with Crippen molar-refractivity contribution in [2.24, 2.45) is 0 Å². The molecule has 0 aliphatic rings. The summed E-state index contributed by atoms with van der Waals surface area (Å²) >= 11 is 0. The van der Waals surface area contributed by atoms with Gasteiger partial charge in [-0.2, -0.15) is 0 Å². The molecule has 108 valence electrons. The minimum Gasteiger partial charge on any atom is -0.367 e. The predicted molar refractivity (Wildman–Crippen MR) is 66.6 cm³/mol. The Hall–Kier alpha value is -0.590. The highest BCUT2D eigenvalue weighted by Crippen LogP contribution is 2.72. The maximum absolute atomic E-state index is 11.9. The van der Waals surface area contributed by atoms with E-state index in [1.807, 2.05) is 0 Å². The first-order valence-electron chi connectivity index (χ1n) is 5.10. The molecule has 0 spiro atoms. The molecule has 1 heterocycles. The minimum atomic E-state index is -4.82.